The number of hydrogen-bond acceptors (Lipinski definition) is 4. The van der Waals surface area contributed by atoms with Gasteiger partial charge < -0.3 is 15.4 Å². The van der Waals surface area contributed by atoms with Crippen LogP contribution in [0.15, 0.2) is 24.4 Å². The van der Waals surface area contributed by atoms with E-state index in [0.29, 0.717) is 13.2 Å². The monoisotopic (exact) mass is 327 g/mol. The van der Waals surface area contributed by atoms with Crippen molar-refractivity contribution in [2.45, 2.75) is 32.2 Å². The molecule has 0 spiro atoms. The Bertz CT molecular complexity index is 677. The van der Waals surface area contributed by atoms with Crippen molar-refractivity contribution >= 4 is 5.91 Å². The van der Waals surface area contributed by atoms with Crippen molar-refractivity contribution in [3.63, 3.8) is 0 Å². The maximum atomic E-state index is 12.0. The average Bonchev–Trinajstić information content (AvgIpc) is 3.05. The lowest BCUT2D eigenvalue weighted by atomic mass is 10.0. The molecule has 0 unspecified atom stereocenters. The first-order valence-corrected chi connectivity index (χ1v) is 8.40. The van der Waals surface area contributed by atoms with E-state index < -0.39 is 0 Å². The van der Waals surface area contributed by atoms with Crippen molar-refractivity contribution in [2.24, 2.45) is 0 Å². The number of carbonyl (C=O) groups excluding carboxylic acids is 1. The molecule has 1 aliphatic rings. The third-order valence-electron chi connectivity index (χ3n) is 4.20. The molecule has 2 aromatic rings. The highest BCUT2D eigenvalue weighted by Crippen LogP contribution is 2.24. The van der Waals surface area contributed by atoms with Gasteiger partial charge in [0.25, 0.3) is 0 Å². The number of hydrogen-bond donors (Lipinski definition) is 3. The predicted octanol–water partition coefficient (Wildman–Crippen LogP) is 1.82. The molecule has 127 valence electrons. The summed E-state index contributed by atoms with van der Waals surface area (Å²) in [4.78, 5) is 12.0. The first kappa shape index (κ1) is 16.5. The van der Waals surface area contributed by atoms with Crippen LogP contribution in [0.25, 0.3) is 11.1 Å². The molecule has 3 N–H and O–H groups in total. The van der Waals surface area contributed by atoms with Crippen LogP contribution in [0.4, 0.5) is 0 Å². The van der Waals surface area contributed by atoms with Gasteiger partial charge in [-0.3, -0.25) is 9.89 Å². The molecule has 1 aromatic carbocycles. The normalized spacial score (nSPS) is 17.5. The van der Waals surface area contributed by atoms with Gasteiger partial charge in [0.05, 0.1) is 18.3 Å². The van der Waals surface area contributed by atoms with E-state index in [1.807, 2.05) is 25.3 Å². The van der Waals surface area contributed by atoms with Gasteiger partial charge in [-0.1, -0.05) is 6.42 Å². The summed E-state index contributed by atoms with van der Waals surface area (Å²) in [5.74, 6) is 0.797. The third kappa shape index (κ3) is 4.14. The van der Waals surface area contributed by atoms with Crippen LogP contribution in [-0.4, -0.2) is 41.8 Å². The molecule has 24 heavy (non-hydrogen) atoms. The van der Waals surface area contributed by atoms with E-state index in [9.17, 15) is 4.79 Å². The van der Waals surface area contributed by atoms with E-state index >= 15 is 0 Å². The highest BCUT2D eigenvalue weighted by Gasteiger charge is 2.19. The standard InChI is InChI=1S/C18H23N4O2/c1-13-16(12-21-22-13)14-5-4-6-15(11-14)24-10-9-20-18(23)17-7-2-3-8-19-17/h5-6,11-12,17,19H,2-3,7-10H2,1H3,(H,20,23)(H,21,22)/t17-/m1/s1. The minimum Gasteiger partial charge on any atom is -0.492 e. The Balaban J connectivity index is 1.47. The number of benzene rings is 1. The number of carbonyl (C=O) groups is 1. The zero-order chi connectivity index (χ0) is 16.8. The minimum atomic E-state index is -0.0560. The van der Waals surface area contributed by atoms with Crippen molar-refractivity contribution in [1.82, 2.24) is 20.8 Å². The smallest absolute Gasteiger partial charge is 0.237 e. The van der Waals surface area contributed by atoms with E-state index in [2.05, 4.69) is 26.9 Å². The molecule has 2 heterocycles. The Morgan fingerprint density at radius 2 is 2.38 bits per heavy atom. The first-order valence-electron chi connectivity index (χ1n) is 8.40. The largest absolute Gasteiger partial charge is 0.492 e. The van der Waals surface area contributed by atoms with Crippen molar-refractivity contribution in [2.75, 3.05) is 19.7 Å². The first-order chi connectivity index (χ1) is 11.7. The molecule has 1 atom stereocenters. The molecule has 6 heteroatoms. The Morgan fingerprint density at radius 1 is 1.46 bits per heavy atom. The van der Waals surface area contributed by atoms with Crippen LogP contribution in [0.2, 0.25) is 0 Å². The number of aryl methyl sites for hydroxylation is 1. The lowest BCUT2D eigenvalue weighted by Crippen LogP contribution is -2.47. The van der Waals surface area contributed by atoms with E-state index in [1.165, 1.54) is 0 Å². The van der Waals surface area contributed by atoms with Crippen LogP contribution in [0.1, 0.15) is 25.0 Å². The summed E-state index contributed by atoms with van der Waals surface area (Å²) in [7, 11) is 0. The molecule has 0 saturated carbocycles. The second-order valence-electron chi connectivity index (χ2n) is 5.98. The number of amides is 1. The summed E-state index contributed by atoms with van der Waals surface area (Å²) in [5, 5.41) is 13.1. The molecule has 0 aliphatic carbocycles. The number of aromatic amines is 1. The zero-order valence-corrected chi connectivity index (χ0v) is 13.9. The maximum Gasteiger partial charge on any atom is 0.237 e. The molecule has 3 rings (SSSR count). The van der Waals surface area contributed by atoms with Crippen molar-refractivity contribution < 1.29 is 9.53 Å². The van der Waals surface area contributed by atoms with Gasteiger partial charge in [0.2, 0.25) is 5.91 Å². The van der Waals surface area contributed by atoms with Gasteiger partial charge in [-0.05, 0) is 56.1 Å². The Labute approximate surface area is 142 Å². The predicted molar refractivity (Wildman–Crippen MR) is 91.7 cm³/mol. The minimum absolute atomic E-state index is 0.0560. The van der Waals surface area contributed by atoms with Gasteiger partial charge in [0, 0.05) is 11.8 Å². The lowest BCUT2D eigenvalue weighted by Gasteiger charge is -2.22. The van der Waals surface area contributed by atoms with Crippen LogP contribution >= 0.6 is 0 Å². The van der Waals surface area contributed by atoms with Gasteiger partial charge in [0.1, 0.15) is 12.4 Å². The van der Waals surface area contributed by atoms with Gasteiger partial charge >= 0.3 is 0 Å². The number of nitrogens with zero attached hydrogens (tertiary/aromatic N) is 1. The van der Waals surface area contributed by atoms with Crippen LogP contribution in [0.5, 0.6) is 5.75 Å². The van der Waals surface area contributed by atoms with E-state index in [-0.39, 0.29) is 11.9 Å². The van der Waals surface area contributed by atoms with Crippen molar-refractivity contribution in [3.05, 3.63) is 36.2 Å². The molecular weight excluding hydrogens is 304 g/mol. The zero-order valence-electron chi connectivity index (χ0n) is 13.9. The molecule has 1 saturated heterocycles. The summed E-state index contributed by atoms with van der Waals surface area (Å²) in [6.07, 6.45) is 5.03. The van der Waals surface area contributed by atoms with Crippen LogP contribution in [0.3, 0.4) is 0 Å². The summed E-state index contributed by atoms with van der Waals surface area (Å²) < 4.78 is 5.73. The van der Waals surface area contributed by atoms with E-state index in [1.54, 1.807) is 6.07 Å². The fraction of sp³-hybridized carbons (Fsp3) is 0.444. The van der Waals surface area contributed by atoms with Crippen molar-refractivity contribution in [3.8, 4) is 16.9 Å². The number of nitrogens with one attached hydrogen (secondary N) is 3. The molecule has 0 bridgehead atoms. The highest BCUT2D eigenvalue weighted by molar-refractivity contribution is 5.81. The molecule has 1 radical (unpaired) electrons. The fourth-order valence-corrected chi connectivity index (χ4v) is 2.88. The van der Waals surface area contributed by atoms with E-state index in [0.717, 1.165) is 48.4 Å². The summed E-state index contributed by atoms with van der Waals surface area (Å²) in [5.41, 5.74) is 2.98. The number of H-pyrrole nitrogens is 1. The molecule has 1 fully saturated rings. The summed E-state index contributed by atoms with van der Waals surface area (Å²) in [6.45, 7) is 3.80. The van der Waals surface area contributed by atoms with Crippen LogP contribution < -0.4 is 15.4 Å². The van der Waals surface area contributed by atoms with E-state index in [4.69, 9.17) is 4.74 Å². The van der Waals surface area contributed by atoms with Crippen molar-refractivity contribution in [1.29, 1.82) is 0 Å². The second kappa shape index (κ2) is 7.97. The van der Waals surface area contributed by atoms with Crippen LogP contribution in [-0.2, 0) is 4.79 Å². The third-order valence-corrected chi connectivity index (χ3v) is 4.20. The summed E-state index contributed by atoms with van der Waals surface area (Å²) in [6, 6.07) is 8.68. The Kier molecular flexibility index (Phi) is 5.48. The molecule has 1 amide bonds. The SMILES string of the molecule is Cc1n[nH]cc1-c1c[c]cc(OCCNC(=O)[C@H]2CCCCN2)c1. The number of ether oxygens (including phenoxy) is 1. The highest BCUT2D eigenvalue weighted by atomic mass is 16.5. The van der Waals surface area contributed by atoms with Gasteiger partial charge in [-0.2, -0.15) is 5.10 Å². The lowest BCUT2D eigenvalue weighted by molar-refractivity contribution is -0.123. The maximum absolute atomic E-state index is 12.0. The van der Waals surface area contributed by atoms with Gasteiger partial charge in [-0.15, -0.1) is 0 Å². The Hall–Kier alpha value is -2.34. The van der Waals surface area contributed by atoms with Gasteiger partial charge in [-0.25, -0.2) is 0 Å². The molecule has 1 aromatic heterocycles. The average molecular weight is 327 g/mol. The molecule has 6 nitrogen and oxygen atoms in total. The summed E-state index contributed by atoms with van der Waals surface area (Å²) >= 11 is 0. The topological polar surface area (TPSA) is 79.0 Å². The number of piperidine rings is 1. The van der Waals surface area contributed by atoms with Gasteiger partial charge in [0.15, 0.2) is 0 Å². The Morgan fingerprint density at radius 3 is 3.12 bits per heavy atom. The number of aromatic nitrogens is 2. The molecule has 1 aliphatic heterocycles. The quantitative estimate of drug-likeness (QED) is 0.707. The second-order valence-corrected chi connectivity index (χ2v) is 5.98. The van der Waals surface area contributed by atoms with Crippen LogP contribution in [0, 0.1) is 13.0 Å². The fourth-order valence-electron chi connectivity index (χ4n) is 2.88. The molecular formula is C18H23N4O2. The number of rotatable bonds is 6.